The molecule has 0 spiro atoms. The van der Waals surface area contributed by atoms with Crippen LogP contribution < -0.4 is 10.1 Å². The number of pyridine rings is 1. The minimum atomic E-state index is -4.42. The number of rotatable bonds is 8. The van der Waals surface area contributed by atoms with Crippen molar-refractivity contribution in [3.63, 3.8) is 0 Å². The predicted octanol–water partition coefficient (Wildman–Crippen LogP) is 4.04. The number of halogens is 3. The van der Waals surface area contributed by atoms with E-state index in [1.54, 1.807) is 31.2 Å². The van der Waals surface area contributed by atoms with E-state index in [2.05, 4.69) is 10.3 Å². The molecule has 3 rings (SSSR count). The van der Waals surface area contributed by atoms with E-state index in [4.69, 9.17) is 4.74 Å². The first-order valence-corrected chi connectivity index (χ1v) is 9.29. The van der Waals surface area contributed by atoms with Gasteiger partial charge in [-0.15, -0.1) is 0 Å². The van der Waals surface area contributed by atoms with Gasteiger partial charge in [-0.1, -0.05) is 12.1 Å². The van der Waals surface area contributed by atoms with E-state index in [0.29, 0.717) is 16.8 Å². The molecule has 1 aromatic carbocycles. The van der Waals surface area contributed by atoms with Gasteiger partial charge in [0.2, 0.25) is 0 Å². The van der Waals surface area contributed by atoms with Crippen molar-refractivity contribution in [2.75, 3.05) is 6.61 Å². The number of alkyl halides is 3. The summed E-state index contributed by atoms with van der Waals surface area (Å²) in [4.78, 5) is 28.6. The highest BCUT2D eigenvalue weighted by atomic mass is 19.4. The molecule has 1 unspecified atom stereocenters. The van der Waals surface area contributed by atoms with Crippen molar-refractivity contribution in [3.05, 3.63) is 59.4 Å². The fourth-order valence-electron chi connectivity index (χ4n) is 2.85. The Labute approximate surface area is 166 Å². The van der Waals surface area contributed by atoms with Gasteiger partial charge in [-0.3, -0.25) is 14.6 Å². The number of aromatic nitrogens is 1. The van der Waals surface area contributed by atoms with Crippen molar-refractivity contribution < 1.29 is 27.5 Å². The van der Waals surface area contributed by atoms with E-state index in [1.807, 2.05) is 0 Å². The second-order valence-corrected chi connectivity index (χ2v) is 7.12. The minimum absolute atomic E-state index is 0.0747. The van der Waals surface area contributed by atoms with E-state index in [0.717, 1.165) is 12.8 Å². The first-order chi connectivity index (χ1) is 13.7. The Morgan fingerprint density at radius 2 is 2.00 bits per heavy atom. The van der Waals surface area contributed by atoms with Gasteiger partial charge in [-0.05, 0) is 49.6 Å². The van der Waals surface area contributed by atoms with Crippen LogP contribution >= 0.6 is 0 Å². The molecule has 2 aromatic rings. The van der Waals surface area contributed by atoms with Crippen LogP contribution in [0.15, 0.2) is 42.6 Å². The topological polar surface area (TPSA) is 68.3 Å². The summed E-state index contributed by atoms with van der Waals surface area (Å²) in [5.41, 5.74) is 1.52. The zero-order valence-corrected chi connectivity index (χ0v) is 15.8. The van der Waals surface area contributed by atoms with Gasteiger partial charge in [0, 0.05) is 29.8 Å². The SMILES string of the molecule is CC(NC(=O)c1ccnc(CC(=O)C2CC2)c1)c1cccc(OCC(F)(F)F)c1. The average Bonchev–Trinajstić information content (AvgIpc) is 3.51. The summed E-state index contributed by atoms with van der Waals surface area (Å²) >= 11 is 0. The van der Waals surface area contributed by atoms with Crippen molar-refractivity contribution in [1.82, 2.24) is 10.3 Å². The molecule has 1 aromatic heterocycles. The van der Waals surface area contributed by atoms with Gasteiger partial charge < -0.3 is 10.1 Å². The third kappa shape index (κ3) is 6.30. The Kier molecular flexibility index (Phi) is 6.20. The van der Waals surface area contributed by atoms with Crippen LogP contribution in [0, 0.1) is 5.92 Å². The smallest absolute Gasteiger partial charge is 0.422 e. The highest BCUT2D eigenvalue weighted by Crippen LogP contribution is 2.30. The lowest BCUT2D eigenvalue weighted by Gasteiger charge is -2.16. The fraction of sp³-hybridized carbons (Fsp3) is 0.381. The van der Waals surface area contributed by atoms with Crippen molar-refractivity contribution in [2.45, 2.75) is 38.4 Å². The number of ketones is 1. The van der Waals surface area contributed by atoms with E-state index in [1.165, 1.54) is 18.3 Å². The van der Waals surface area contributed by atoms with Gasteiger partial charge in [0.25, 0.3) is 5.91 Å². The number of carbonyl (C=O) groups is 2. The number of hydrogen-bond acceptors (Lipinski definition) is 4. The normalized spacial score (nSPS) is 14.9. The van der Waals surface area contributed by atoms with Crippen LogP contribution in [0.1, 0.15) is 47.4 Å². The minimum Gasteiger partial charge on any atom is -0.484 e. The van der Waals surface area contributed by atoms with Gasteiger partial charge >= 0.3 is 6.18 Å². The Morgan fingerprint density at radius 1 is 1.24 bits per heavy atom. The van der Waals surface area contributed by atoms with Crippen LogP contribution in [0.5, 0.6) is 5.75 Å². The summed E-state index contributed by atoms with van der Waals surface area (Å²) in [5.74, 6) is -0.0208. The second kappa shape index (κ2) is 8.63. The van der Waals surface area contributed by atoms with Gasteiger partial charge in [0.1, 0.15) is 11.5 Å². The number of ether oxygens (including phenoxy) is 1. The monoisotopic (exact) mass is 406 g/mol. The maximum Gasteiger partial charge on any atom is 0.422 e. The molecule has 1 aliphatic rings. The van der Waals surface area contributed by atoms with Crippen LogP contribution in [-0.2, 0) is 11.2 Å². The number of nitrogens with one attached hydrogen (secondary N) is 1. The summed E-state index contributed by atoms with van der Waals surface area (Å²) in [5, 5.41) is 2.80. The molecule has 1 saturated carbocycles. The molecule has 1 amide bonds. The largest absolute Gasteiger partial charge is 0.484 e. The number of nitrogens with zero attached hydrogens (tertiary/aromatic N) is 1. The molecular formula is C21H21F3N2O3. The lowest BCUT2D eigenvalue weighted by atomic mass is 10.1. The first-order valence-electron chi connectivity index (χ1n) is 9.29. The molecule has 1 atom stereocenters. The molecule has 0 bridgehead atoms. The molecule has 8 heteroatoms. The molecule has 29 heavy (non-hydrogen) atoms. The molecular weight excluding hydrogens is 385 g/mol. The van der Waals surface area contributed by atoms with Crippen LogP contribution in [0.25, 0.3) is 0 Å². The van der Waals surface area contributed by atoms with Crippen LogP contribution in [-0.4, -0.2) is 29.5 Å². The lowest BCUT2D eigenvalue weighted by Crippen LogP contribution is -2.27. The molecule has 1 N–H and O–H groups in total. The number of hydrogen-bond donors (Lipinski definition) is 1. The first kappa shape index (κ1) is 20.8. The Hall–Kier alpha value is -2.90. The van der Waals surface area contributed by atoms with Gasteiger partial charge in [-0.25, -0.2) is 0 Å². The quantitative estimate of drug-likeness (QED) is 0.719. The van der Waals surface area contributed by atoms with Crippen LogP contribution in [0.3, 0.4) is 0 Å². The highest BCUT2D eigenvalue weighted by molar-refractivity contribution is 5.94. The molecule has 1 heterocycles. The fourth-order valence-corrected chi connectivity index (χ4v) is 2.85. The molecule has 154 valence electrons. The summed E-state index contributed by atoms with van der Waals surface area (Å²) in [6.45, 7) is 0.343. The van der Waals surface area contributed by atoms with E-state index >= 15 is 0 Å². The average molecular weight is 406 g/mol. The third-order valence-electron chi connectivity index (χ3n) is 4.57. The van der Waals surface area contributed by atoms with Crippen molar-refractivity contribution in [1.29, 1.82) is 0 Å². The standard InChI is InChI=1S/C21H21F3N2O3/c1-13(15-3-2-4-18(10-15)29-12-21(22,23)24)26-20(28)16-7-8-25-17(9-16)11-19(27)14-5-6-14/h2-4,7-10,13-14H,5-6,11-12H2,1H3,(H,26,28). The van der Waals surface area contributed by atoms with E-state index in [9.17, 15) is 22.8 Å². The summed E-state index contributed by atoms with van der Waals surface area (Å²) in [6.07, 6.45) is -0.888. The zero-order chi connectivity index (χ0) is 21.0. The summed E-state index contributed by atoms with van der Waals surface area (Å²) < 4.78 is 41.7. The highest BCUT2D eigenvalue weighted by Gasteiger charge is 2.30. The summed E-state index contributed by atoms with van der Waals surface area (Å²) in [7, 11) is 0. The third-order valence-corrected chi connectivity index (χ3v) is 4.57. The van der Waals surface area contributed by atoms with Crippen molar-refractivity contribution in [2.24, 2.45) is 5.92 Å². The van der Waals surface area contributed by atoms with Crippen LogP contribution in [0.2, 0.25) is 0 Å². The van der Waals surface area contributed by atoms with Gasteiger partial charge in [0.15, 0.2) is 6.61 Å². The molecule has 0 radical (unpaired) electrons. The number of benzene rings is 1. The zero-order valence-electron chi connectivity index (χ0n) is 15.8. The van der Waals surface area contributed by atoms with Gasteiger partial charge in [-0.2, -0.15) is 13.2 Å². The Morgan fingerprint density at radius 3 is 2.69 bits per heavy atom. The molecule has 0 saturated heterocycles. The maximum absolute atomic E-state index is 12.6. The maximum atomic E-state index is 12.6. The molecule has 0 aliphatic heterocycles. The molecule has 1 fully saturated rings. The van der Waals surface area contributed by atoms with E-state index in [-0.39, 0.29) is 29.8 Å². The number of carbonyl (C=O) groups excluding carboxylic acids is 2. The van der Waals surface area contributed by atoms with Crippen molar-refractivity contribution in [3.8, 4) is 5.75 Å². The van der Waals surface area contributed by atoms with E-state index < -0.39 is 18.8 Å². The molecule has 5 nitrogen and oxygen atoms in total. The van der Waals surface area contributed by atoms with Gasteiger partial charge in [0.05, 0.1) is 6.04 Å². The molecule has 1 aliphatic carbocycles. The Bertz CT molecular complexity index is 895. The van der Waals surface area contributed by atoms with Crippen molar-refractivity contribution >= 4 is 11.7 Å². The predicted molar refractivity (Wildman–Crippen MR) is 99.5 cm³/mol. The van der Waals surface area contributed by atoms with Crippen LogP contribution in [0.4, 0.5) is 13.2 Å². The Balaban J connectivity index is 1.62. The second-order valence-electron chi connectivity index (χ2n) is 7.12. The number of Topliss-reactive ketones (excluding diaryl/α,β-unsaturated/α-hetero) is 1. The number of amides is 1. The summed E-state index contributed by atoms with van der Waals surface area (Å²) in [6, 6.07) is 8.83. The lowest BCUT2D eigenvalue weighted by molar-refractivity contribution is -0.153.